The topological polar surface area (TPSA) is 101 Å². The van der Waals surface area contributed by atoms with Gasteiger partial charge >= 0.3 is 0 Å². The van der Waals surface area contributed by atoms with Crippen molar-refractivity contribution >= 4 is 40.0 Å². The fourth-order valence-corrected chi connectivity index (χ4v) is 7.40. The Bertz CT molecular complexity index is 957. The number of carbonyl (C=O) groups excluding carboxylic acids is 1. The molecule has 1 aliphatic carbocycles. The van der Waals surface area contributed by atoms with E-state index in [0.29, 0.717) is 15.8 Å². The maximum Gasteiger partial charge on any atom is 0.276 e. The van der Waals surface area contributed by atoms with Crippen molar-refractivity contribution in [2.45, 2.75) is 47.3 Å². The molecule has 1 aromatic carbocycles. The molecule has 2 N–H and O–H groups in total. The molecular weight excluding hydrogens is 463 g/mol. The van der Waals surface area contributed by atoms with E-state index in [1.807, 2.05) is 6.07 Å². The largest absolute Gasteiger partial charge is 0.395 e. The summed E-state index contributed by atoms with van der Waals surface area (Å²) in [5, 5.41) is 30.0. The van der Waals surface area contributed by atoms with E-state index in [9.17, 15) is 15.0 Å². The minimum absolute atomic E-state index is 0.190. The summed E-state index contributed by atoms with van der Waals surface area (Å²) in [4.78, 5) is 15.2. The first-order valence-corrected chi connectivity index (χ1v) is 12.4. The van der Waals surface area contributed by atoms with Crippen molar-refractivity contribution in [3.8, 4) is 0 Å². The molecule has 2 fully saturated rings. The molecule has 0 radical (unpaired) electrons. The summed E-state index contributed by atoms with van der Waals surface area (Å²) in [6.45, 7) is -0.203. The van der Waals surface area contributed by atoms with E-state index in [4.69, 9.17) is 27.9 Å². The summed E-state index contributed by atoms with van der Waals surface area (Å²) in [6.07, 6.45) is 2.22. The van der Waals surface area contributed by atoms with Crippen molar-refractivity contribution in [2.24, 2.45) is 0 Å². The molecule has 1 saturated carbocycles. The number of ether oxygens (including phenoxy) is 1. The quantitative estimate of drug-likeness (QED) is 0.538. The molecule has 8 nitrogen and oxygen atoms in total. The van der Waals surface area contributed by atoms with Gasteiger partial charge in [0, 0.05) is 31.2 Å². The number of aliphatic hydroxyl groups is 2. The van der Waals surface area contributed by atoms with E-state index in [1.165, 1.54) is 4.68 Å². The zero-order valence-electron chi connectivity index (χ0n) is 17.2. The number of methoxy groups -OCH3 is 1. The Balaban J connectivity index is 1.60. The first-order chi connectivity index (χ1) is 14.8. The van der Waals surface area contributed by atoms with Crippen LogP contribution in [0.5, 0.6) is 0 Å². The number of hydrogen-bond donors (Lipinski definition) is 3. The van der Waals surface area contributed by atoms with E-state index < -0.39 is 28.3 Å². The van der Waals surface area contributed by atoms with Crippen LogP contribution in [0.2, 0.25) is 10.0 Å². The average molecular weight is 489 g/mol. The third-order valence-corrected chi connectivity index (χ3v) is 9.78. The van der Waals surface area contributed by atoms with Crippen LogP contribution < -0.4 is 0 Å². The Hall–Kier alpha value is -1.36. The summed E-state index contributed by atoms with van der Waals surface area (Å²) in [5.74, 6) is 0.395. The highest BCUT2D eigenvalue weighted by Gasteiger charge is 2.45. The summed E-state index contributed by atoms with van der Waals surface area (Å²) in [5.41, 5.74) is 0.231. The lowest BCUT2D eigenvalue weighted by Crippen LogP contribution is -2.50. The van der Waals surface area contributed by atoms with Gasteiger partial charge in [0.25, 0.3) is 5.91 Å². The number of aromatic nitrogens is 3. The molecule has 1 aromatic heterocycles. The Morgan fingerprint density at radius 1 is 1.35 bits per heavy atom. The molecule has 170 valence electrons. The number of rotatable bonds is 6. The van der Waals surface area contributed by atoms with Gasteiger partial charge in [0.1, 0.15) is 6.04 Å². The van der Waals surface area contributed by atoms with Gasteiger partial charge < -0.3 is 19.8 Å². The predicted octanol–water partition coefficient (Wildman–Crippen LogP) is 2.17. The van der Waals surface area contributed by atoms with Crippen molar-refractivity contribution < 1.29 is 19.7 Å². The summed E-state index contributed by atoms with van der Waals surface area (Å²) in [6, 6.07) is 5.07. The van der Waals surface area contributed by atoms with E-state index in [1.54, 1.807) is 37.4 Å². The van der Waals surface area contributed by atoms with E-state index >= 15 is 0 Å². The van der Waals surface area contributed by atoms with Crippen LogP contribution >= 0.6 is 34.1 Å². The van der Waals surface area contributed by atoms with Crippen LogP contribution in [0.25, 0.3) is 0 Å². The molecule has 2 heterocycles. The molecule has 1 saturated heterocycles. The SMILES string of the molecule is CO[C@H]1C[SH](c2ccc(Cl)c(Cl)c2)[C@H](CO)[C@H](O)[C@@H]1n1cc(C(=O)N(C)C2CC2)nn1. The van der Waals surface area contributed by atoms with Gasteiger partial charge in [-0.15, -0.1) is 5.10 Å². The molecule has 11 heteroatoms. The van der Waals surface area contributed by atoms with Gasteiger partial charge in [-0.05, 0) is 35.9 Å². The zero-order chi connectivity index (χ0) is 22.3. The van der Waals surface area contributed by atoms with Crippen LogP contribution in [-0.4, -0.2) is 86.0 Å². The van der Waals surface area contributed by atoms with E-state index in [0.717, 1.165) is 17.7 Å². The highest BCUT2D eigenvalue weighted by Crippen LogP contribution is 2.51. The number of hydrogen-bond acceptors (Lipinski definition) is 6. The van der Waals surface area contributed by atoms with E-state index in [2.05, 4.69) is 10.3 Å². The van der Waals surface area contributed by atoms with Crippen LogP contribution in [0.15, 0.2) is 29.3 Å². The molecule has 5 atom stereocenters. The summed E-state index contributed by atoms with van der Waals surface area (Å²) >= 11 is 12.3. The number of aliphatic hydroxyl groups excluding tert-OH is 2. The fourth-order valence-electron chi connectivity index (χ4n) is 4.11. The third kappa shape index (κ3) is 4.44. The lowest BCUT2D eigenvalue weighted by atomic mass is 10.0. The number of carbonyl (C=O) groups is 1. The van der Waals surface area contributed by atoms with E-state index in [-0.39, 0.29) is 30.4 Å². The molecule has 1 unspecified atom stereocenters. The van der Waals surface area contributed by atoms with Gasteiger partial charge in [-0.3, -0.25) is 4.79 Å². The van der Waals surface area contributed by atoms with Crippen LogP contribution in [-0.2, 0) is 4.74 Å². The van der Waals surface area contributed by atoms with Gasteiger partial charge in [-0.1, -0.05) is 28.4 Å². The Morgan fingerprint density at radius 2 is 2.10 bits per heavy atom. The van der Waals surface area contributed by atoms with Gasteiger partial charge in [0.15, 0.2) is 5.69 Å². The lowest BCUT2D eigenvalue weighted by Gasteiger charge is -2.46. The Morgan fingerprint density at radius 3 is 2.71 bits per heavy atom. The first kappa shape index (κ1) is 22.8. The predicted molar refractivity (Wildman–Crippen MR) is 120 cm³/mol. The van der Waals surface area contributed by atoms with Crippen molar-refractivity contribution in [3.05, 3.63) is 40.1 Å². The maximum atomic E-state index is 12.6. The number of thiol groups is 1. The second kappa shape index (κ2) is 9.25. The fraction of sp³-hybridized carbons (Fsp3) is 0.550. The van der Waals surface area contributed by atoms with Crippen LogP contribution in [0.3, 0.4) is 0 Å². The highest BCUT2D eigenvalue weighted by atomic mass is 35.5. The number of nitrogens with zero attached hydrogens (tertiary/aromatic N) is 4. The second-order valence-corrected chi connectivity index (χ2v) is 11.3. The molecule has 1 amide bonds. The first-order valence-electron chi connectivity index (χ1n) is 10.1. The van der Waals surface area contributed by atoms with Gasteiger partial charge in [-0.25, -0.2) is 15.6 Å². The molecule has 2 aromatic rings. The molecule has 0 bridgehead atoms. The minimum atomic E-state index is -0.982. The number of benzene rings is 1. The van der Waals surface area contributed by atoms with Crippen LogP contribution in [0, 0.1) is 0 Å². The van der Waals surface area contributed by atoms with Crippen molar-refractivity contribution in [1.82, 2.24) is 19.9 Å². The maximum absolute atomic E-state index is 12.6. The van der Waals surface area contributed by atoms with Gasteiger partial charge in [-0.2, -0.15) is 0 Å². The lowest BCUT2D eigenvalue weighted by molar-refractivity contribution is -0.0139. The second-order valence-electron chi connectivity index (χ2n) is 7.99. The highest BCUT2D eigenvalue weighted by molar-refractivity contribution is 8.17. The average Bonchev–Trinajstić information content (AvgIpc) is 3.51. The zero-order valence-corrected chi connectivity index (χ0v) is 19.6. The molecule has 0 spiro atoms. The monoisotopic (exact) mass is 488 g/mol. The summed E-state index contributed by atoms with van der Waals surface area (Å²) in [7, 11) is 2.36. The minimum Gasteiger partial charge on any atom is -0.395 e. The Kier molecular flexibility index (Phi) is 6.81. The van der Waals surface area contributed by atoms with Gasteiger partial charge in [0.05, 0.1) is 35.1 Å². The number of halogens is 2. The van der Waals surface area contributed by atoms with Crippen molar-refractivity contribution in [1.29, 1.82) is 0 Å². The molecule has 1 aliphatic heterocycles. The molecule has 2 aliphatic rings. The molecular formula is C20H26Cl2N4O4S. The standard InChI is InChI=1S/C20H26Cl2N4O4S/c1-25(11-3-4-11)20(29)15-8-26(24-23-15)18-16(30-2)10-31(17(9-27)19(18)28)12-5-6-13(21)14(22)7-12/h5-8,11,16-19,27-28,31H,3-4,9-10H2,1-2H3/t16-,17+,18+,19-/m0/s1. The summed E-state index contributed by atoms with van der Waals surface area (Å²) < 4.78 is 7.22. The van der Waals surface area contributed by atoms with Crippen molar-refractivity contribution in [2.75, 3.05) is 26.5 Å². The Labute approximate surface area is 193 Å². The number of amides is 1. The van der Waals surface area contributed by atoms with Crippen LogP contribution in [0.4, 0.5) is 0 Å². The van der Waals surface area contributed by atoms with Crippen molar-refractivity contribution in [3.63, 3.8) is 0 Å². The van der Waals surface area contributed by atoms with Crippen LogP contribution in [0.1, 0.15) is 29.4 Å². The smallest absolute Gasteiger partial charge is 0.276 e. The van der Waals surface area contributed by atoms with Gasteiger partial charge in [0.2, 0.25) is 0 Å². The molecule has 31 heavy (non-hydrogen) atoms. The molecule has 4 rings (SSSR count). The normalized spacial score (nSPS) is 29.7. The third-order valence-electron chi connectivity index (χ3n) is 6.08.